The predicted molar refractivity (Wildman–Crippen MR) is 105 cm³/mol. The zero-order valence-electron chi connectivity index (χ0n) is 18.2. The molecule has 37 heavy (non-hydrogen) atoms. The standard InChI is InChI=1S/3C8H6O4.Mo/c3*9-7(10)5-1-2-6(4-3-5)8(11)12;/h3*1-4H,(H,9,10)(H,11,12);/q;;;+6/p-6. The Labute approximate surface area is 222 Å². The molecular formula is C24H12MoO12. The summed E-state index contributed by atoms with van der Waals surface area (Å²) >= 11 is 0. The largest absolute Gasteiger partial charge is 6.00 e. The van der Waals surface area contributed by atoms with Crippen molar-refractivity contribution in [3.8, 4) is 0 Å². The summed E-state index contributed by atoms with van der Waals surface area (Å²) in [7, 11) is 0. The van der Waals surface area contributed by atoms with Crippen LogP contribution in [0.15, 0.2) is 72.8 Å². The van der Waals surface area contributed by atoms with Crippen LogP contribution in [-0.2, 0) is 21.1 Å². The van der Waals surface area contributed by atoms with E-state index in [-0.39, 0.29) is 54.4 Å². The third kappa shape index (κ3) is 11.0. The number of aromatic carboxylic acids is 6. The molecular weight excluding hydrogens is 576 g/mol. The minimum Gasteiger partial charge on any atom is -0.545 e. The fourth-order valence-corrected chi connectivity index (χ4v) is 2.23. The Hall–Kier alpha value is -4.83. The molecule has 3 aromatic rings. The molecule has 0 saturated carbocycles. The molecule has 0 aliphatic rings. The van der Waals surface area contributed by atoms with Crippen LogP contribution in [0, 0.1) is 0 Å². The molecule has 0 aliphatic heterocycles. The fraction of sp³-hybridized carbons (Fsp3) is 0. The molecule has 12 nitrogen and oxygen atoms in total. The second kappa shape index (κ2) is 15.2. The molecule has 0 radical (unpaired) electrons. The van der Waals surface area contributed by atoms with Gasteiger partial charge in [0.25, 0.3) is 0 Å². The SMILES string of the molecule is O=C([O-])c1ccc(C(=O)[O-])cc1.O=C([O-])c1ccc(C(=O)[O-])cc1.O=C([O-])c1ccc(C(=O)[O-])cc1.[Mo+6]. The topological polar surface area (TPSA) is 241 Å². The van der Waals surface area contributed by atoms with Crippen LogP contribution in [0.2, 0.25) is 0 Å². The van der Waals surface area contributed by atoms with Gasteiger partial charge in [0, 0.05) is 0 Å². The monoisotopic (exact) mass is 590 g/mol. The van der Waals surface area contributed by atoms with Gasteiger partial charge in [-0.25, -0.2) is 0 Å². The maximum Gasteiger partial charge on any atom is 6.00 e. The van der Waals surface area contributed by atoms with E-state index in [0.717, 1.165) is 72.8 Å². The first-order chi connectivity index (χ1) is 16.8. The van der Waals surface area contributed by atoms with E-state index in [2.05, 4.69) is 0 Å². The molecule has 186 valence electrons. The number of hydrogen-bond donors (Lipinski definition) is 0. The Balaban J connectivity index is 0.000000518. The average molecular weight is 588 g/mol. The quantitative estimate of drug-likeness (QED) is 0.247. The molecule has 0 heterocycles. The summed E-state index contributed by atoms with van der Waals surface area (Å²) in [5.74, 6) is -8.00. The summed E-state index contributed by atoms with van der Waals surface area (Å²) < 4.78 is 0. The number of carboxylic acid groups (broad SMARTS) is 6. The molecule has 0 atom stereocenters. The second-order valence-electron chi connectivity index (χ2n) is 6.46. The van der Waals surface area contributed by atoms with Gasteiger partial charge in [-0.1, -0.05) is 72.8 Å². The number of carbonyl (C=O) groups is 6. The zero-order chi connectivity index (χ0) is 27.4. The number of carbonyl (C=O) groups excluding carboxylic acids is 6. The Kier molecular flexibility index (Phi) is 13.2. The van der Waals surface area contributed by atoms with Crippen LogP contribution >= 0.6 is 0 Å². The van der Waals surface area contributed by atoms with Gasteiger partial charge >= 0.3 is 21.1 Å². The summed E-state index contributed by atoms with van der Waals surface area (Å²) in [5, 5.41) is 61.2. The van der Waals surface area contributed by atoms with E-state index >= 15 is 0 Å². The molecule has 0 amide bonds. The first kappa shape index (κ1) is 32.2. The molecule has 0 bridgehead atoms. The van der Waals surface area contributed by atoms with Gasteiger partial charge in [-0.3, -0.25) is 0 Å². The van der Waals surface area contributed by atoms with Gasteiger partial charge in [-0.15, -0.1) is 0 Å². The molecule has 13 heteroatoms. The van der Waals surface area contributed by atoms with Gasteiger partial charge in [-0.05, 0) is 33.4 Å². The Morgan fingerprint density at radius 3 is 0.432 bits per heavy atom. The molecule has 0 fully saturated rings. The number of hydrogen-bond acceptors (Lipinski definition) is 12. The van der Waals surface area contributed by atoms with E-state index in [4.69, 9.17) is 0 Å². The van der Waals surface area contributed by atoms with Crippen LogP contribution in [0.1, 0.15) is 62.1 Å². The van der Waals surface area contributed by atoms with Gasteiger partial charge in [0.15, 0.2) is 0 Å². The van der Waals surface area contributed by atoms with Crippen LogP contribution in [0.5, 0.6) is 0 Å². The Morgan fingerprint density at radius 2 is 0.378 bits per heavy atom. The molecule has 0 unspecified atom stereocenters. The molecule has 3 aromatic carbocycles. The third-order valence-electron chi connectivity index (χ3n) is 4.07. The van der Waals surface area contributed by atoms with Crippen LogP contribution in [0.3, 0.4) is 0 Å². The minimum atomic E-state index is -1.33. The number of rotatable bonds is 6. The van der Waals surface area contributed by atoms with Gasteiger partial charge in [0.2, 0.25) is 0 Å². The molecule has 0 saturated heterocycles. The van der Waals surface area contributed by atoms with Crippen molar-refractivity contribution in [2.45, 2.75) is 0 Å². The van der Waals surface area contributed by atoms with Crippen molar-refractivity contribution >= 4 is 35.8 Å². The fourth-order valence-electron chi connectivity index (χ4n) is 2.23. The summed E-state index contributed by atoms with van der Waals surface area (Å²) in [5.41, 5.74) is -0.333. The summed E-state index contributed by atoms with van der Waals surface area (Å²) in [4.78, 5) is 61.2. The maximum atomic E-state index is 10.2. The molecule has 0 spiro atoms. The van der Waals surface area contributed by atoms with E-state index < -0.39 is 35.8 Å². The van der Waals surface area contributed by atoms with Crippen LogP contribution in [0.4, 0.5) is 0 Å². The molecule has 0 aliphatic carbocycles. The Morgan fingerprint density at radius 1 is 0.297 bits per heavy atom. The van der Waals surface area contributed by atoms with Crippen LogP contribution in [0.25, 0.3) is 0 Å². The van der Waals surface area contributed by atoms with Crippen molar-refractivity contribution in [2.24, 2.45) is 0 Å². The van der Waals surface area contributed by atoms with Crippen molar-refractivity contribution in [3.05, 3.63) is 106 Å². The van der Waals surface area contributed by atoms with E-state index in [1.54, 1.807) is 0 Å². The first-order valence-electron chi connectivity index (χ1n) is 9.41. The third-order valence-corrected chi connectivity index (χ3v) is 4.07. The van der Waals surface area contributed by atoms with E-state index in [9.17, 15) is 59.4 Å². The normalized spacial score (nSPS) is 9.08. The van der Waals surface area contributed by atoms with Gasteiger partial charge in [-0.2, -0.15) is 0 Å². The molecule has 0 aromatic heterocycles. The average Bonchev–Trinajstić information content (AvgIpc) is 2.84. The van der Waals surface area contributed by atoms with Crippen LogP contribution < -0.4 is 30.6 Å². The van der Waals surface area contributed by atoms with Crippen molar-refractivity contribution in [2.75, 3.05) is 0 Å². The minimum absolute atomic E-state index is 0. The number of carboxylic acids is 6. The van der Waals surface area contributed by atoms with Crippen molar-refractivity contribution in [1.82, 2.24) is 0 Å². The smallest absolute Gasteiger partial charge is 0.545 e. The zero-order valence-corrected chi connectivity index (χ0v) is 20.2. The van der Waals surface area contributed by atoms with Gasteiger partial charge in [0.1, 0.15) is 0 Å². The first-order valence-corrected chi connectivity index (χ1v) is 9.41. The van der Waals surface area contributed by atoms with Gasteiger partial charge in [0.05, 0.1) is 35.8 Å². The maximum absolute atomic E-state index is 10.2. The van der Waals surface area contributed by atoms with Crippen molar-refractivity contribution < 1.29 is 80.5 Å². The van der Waals surface area contributed by atoms with E-state index in [0.29, 0.717) is 0 Å². The Bertz CT molecular complexity index is 1010. The van der Waals surface area contributed by atoms with Crippen molar-refractivity contribution in [3.63, 3.8) is 0 Å². The van der Waals surface area contributed by atoms with E-state index in [1.165, 1.54) is 0 Å². The summed E-state index contributed by atoms with van der Waals surface area (Å²) in [6.07, 6.45) is 0. The summed E-state index contributed by atoms with van der Waals surface area (Å²) in [6, 6.07) is 13.8. The van der Waals surface area contributed by atoms with Crippen LogP contribution in [-0.4, -0.2) is 35.8 Å². The molecule has 3 rings (SSSR count). The van der Waals surface area contributed by atoms with Crippen molar-refractivity contribution in [1.29, 1.82) is 0 Å². The second-order valence-corrected chi connectivity index (χ2v) is 6.46. The summed E-state index contributed by atoms with van der Waals surface area (Å²) in [6.45, 7) is 0. The number of benzene rings is 3. The van der Waals surface area contributed by atoms with E-state index in [1.807, 2.05) is 0 Å². The molecule has 0 N–H and O–H groups in total. The van der Waals surface area contributed by atoms with Gasteiger partial charge < -0.3 is 59.4 Å². The predicted octanol–water partition coefficient (Wildman–Crippen LogP) is -4.76.